The zero-order valence-electron chi connectivity index (χ0n) is 13.0. The first-order chi connectivity index (χ1) is 11.2. The summed E-state index contributed by atoms with van der Waals surface area (Å²) in [6, 6.07) is 6.84. The van der Waals surface area contributed by atoms with Crippen molar-refractivity contribution in [3.05, 3.63) is 57.2 Å². The highest BCUT2D eigenvalue weighted by Crippen LogP contribution is 2.28. The molecule has 1 unspecified atom stereocenters. The van der Waals surface area contributed by atoms with Crippen molar-refractivity contribution in [3.8, 4) is 10.6 Å². The van der Waals surface area contributed by atoms with Crippen molar-refractivity contribution in [2.45, 2.75) is 32.9 Å². The van der Waals surface area contributed by atoms with Crippen LogP contribution in [0.1, 0.15) is 36.3 Å². The normalized spacial score (nSPS) is 12.5. The maximum absolute atomic E-state index is 13.8. The van der Waals surface area contributed by atoms with Gasteiger partial charge in [-0.3, -0.25) is 0 Å². The van der Waals surface area contributed by atoms with E-state index in [2.05, 4.69) is 34.5 Å². The van der Waals surface area contributed by atoms with Gasteiger partial charge in [-0.25, -0.2) is 14.4 Å². The second-order valence-electron chi connectivity index (χ2n) is 5.25. The van der Waals surface area contributed by atoms with E-state index in [1.165, 1.54) is 17.4 Å². The molecule has 1 atom stereocenters. The standard InChI is InChI=1S/C17H18FN3S2/c1-3-16-20-12(9-22-16)8-19-11(2)15-10-23-17(21-15)13-6-4-5-7-14(13)18/h4-7,9-11,19H,3,8H2,1-2H3. The second-order valence-corrected chi connectivity index (χ2v) is 7.05. The van der Waals surface area contributed by atoms with Crippen molar-refractivity contribution < 1.29 is 4.39 Å². The Morgan fingerprint density at radius 3 is 2.74 bits per heavy atom. The predicted octanol–water partition coefficient (Wildman–Crippen LogP) is 4.82. The predicted molar refractivity (Wildman–Crippen MR) is 94.3 cm³/mol. The molecule has 0 aliphatic rings. The summed E-state index contributed by atoms with van der Waals surface area (Å²) in [4.78, 5) is 9.12. The Hall–Kier alpha value is -1.63. The van der Waals surface area contributed by atoms with Crippen LogP contribution in [0.25, 0.3) is 10.6 Å². The number of thiazole rings is 2. The summed E-state index contributed by atoms with van der Waals surface area (Å²) >= 11 is 3.16. The van der Waals surface area contributed by atoms with Crippen LogP contribution in [-0.4, -0.2) is 9.97 Å². The summed E-state index contributed by atoms with van der Waals surface area (Å²) in [5.41, 5.74) is 2.55. The quantitative estimate of drug-likeness (QED) is 0.695. The summed E-state index contributed by atoms with van der Waals surface area (Å²) in [7, 11) is 0. The van der Waals surface area contributed by atoms with Crippen LogP contribution in [0.5, 0.6) is 0 Å². The van der Waals surface area contributed by atoms with E-state index in [9.17, 15) is 4.39 Å². The Morgan fingerprint density at radius 1 is 1.17 bits per heavy atom. The van der Waals surface area contributed by atoms with Crippen LogP contribution < -0.4 is 5.32 Å². The number of nitrogens with zero attached hydrogens (tertiary/aromatic N) is 2. The van der Waals surface area contributed by atoms with Crippen molar-refractivity contribution >= 4 is 22.7 Å². The van der Waals surface area contributed by atoms with E-state index in [-0.39, 0.29) is 11.9 Å². The third-order valence-corrected chi connectivity index (χ3v) is 5.50. The Labute approximate surface area is 143 Å². The number of aromatic nitrogens is 2. The molecule has 0 saturated heterocycles. The molecule has 120 valence electrons. The second kappa shape index (κ2) is 7.29. The van der Waals surface area contributed by atoms with E-state index in [1.54, 1.807) is 23.5 Å². The van der Waals surface area contributed by atoms with Gasteiger partial charge in [-0.2, -0.15) is 0 Å². The van der Waals surface area contributed by atoms with Gasteiger partial charge in [0.05, 0.1) is 16.4 Å². The van der Waals surface area contributed by atoms with Crippen molar-refractivity contribution in [1.29, 1.82) is 0 Å². The average molecular weight is 347 g/mol. The average Bonchev–Trinajstić information content (AvgIpc) is 3.22. The van der Waals surface area contributed by atoms with Crippen LogP contribution in [-0.2, 0) is 13.0 Å². The Balaban J connectivity index is 1.66. The molecule has 0 amide bonds. The minimum atomic E-state index is -0.233. The molecule has 0 radical (unpaired) electrons. The fourth-order valence-electron chi connectivity index (χ4n) is 2.20. The minimum Gasteiger partial charge on any atom is -0.303 e. The van der Waals surface area contributed by atoms with E-state index in [0.717, 1.165) is 22.8 Å². The molecule has 2 heterocycles. The van der Waals surface area contributed by atoms with Crippen LogP contribution in [0.3, 0.4) is 0 Å². The van der Waals surface area contributed by atoms with Gasteiger partial charge in [0.2, 0.25) is 0 Å². The first-order valence-corrected chi connectivity index (χ1v) is 9.30. The van der Waals surface area contributed by atoms with Crippen LogP contribution in [0.4, 0.5) is 4.39 Å². The largest absolute Gasteiger partial charge is 0.303 e. The van der Waals surface area contributed by atoms with Gasteiger partial charge in [0.25, 0.3) is 0 Å². The number of rotatable bonds is 6. The maximum Gasteiger partial charge on any atom is 0.133 e. The van der Waals surface area contributed by atoms with Gasteiger partial charge in [-0.15, -0.1) is 22.7 Å². The smallest absolute Gasteiger partial charge is 0.133 e. The highest BCUT2D eigenvalue weighted by Gasteiger charge is 2.13. The molecule has 3 aromatic rings. The zero-order valence-corrected chi connectivity index (χ0v) is 14.7. The van der Waals surface area contributed by atoms with E-state index < -0.39 is 0 Å². The molecule has 0 fully saturated rings. The molecule has 3 rings (SSSR count). The lowest BCUT2D eigenvalue weighted by Crippen LogP contribution is -2.18. The zero-order chi connectivity index (χ0) is 16.2. The number of hydrogen-bond acceptors (Lipinski definition) is 5. The van der Waals surface area contributed by atoms with Crippen LogP contribution in [0.2, 0.25) is 0 Å². The van der Waals surface area contributed by atoms with Gasteiger partial charge < -0.3 is 5.32 Å². The minimum absolute atomic E-state index is 0.0959. The van der Waals surface area contributed by atoms with Crippen molar-refractivity contribution in [2.24, 2.45) is 0 Å². The van der Waals surface area contributed by atoms with Gasteiger partial charge in [0.1, 0.15) is 10.8 Å². The van der Waals surface area contributed by atoms with Crippen molar-refractivity contribution in [3.63, 3.8) is 0 Å². The summed E-state index contributed by atoms with van der Waals surface area (Å²) in [6.07, 6.45) is 0.971. The summed E-state index contributed by atoms with van der Waals surface area (Å²) in [5, 5.41) is 9.37. The molecular formula is C17H18FN3S2. The molecule has 0 aliphatic carbocycles. The molecule has 0 bridgehead atoms. The van der Waals surface area contributed by atoms with Gasteiger partial charge in [-0.1, -0.05) is 19.1 Å². The third-order valence-electron chi connectivity index (χ3n) is 3.56. The molecule has 23 heavy (non-hydrogen) atoms. The van der Waals surface area contributed by atoms with Crippen LogP contribution >= 0.6 is 22.7 Å². The van der Waals surface area contributed by atoms with Gasteiger partial charge in [-0.05, 0) is 25.5 Å². The fraction of sp³-hybridized carbons (Fsp3) is 0.294. The number of aryl methyl sites for hydroxylation is 1. The lowest BCUT2D eigenvalue weighted by Gasteiger charge is -2.10. The number of halogens is 1. The van der Waals surface area contributed by atoms with Gasteiger partial charge >= 0.3 is 0 Å². The van der Waals surface area contributed by atoms with Crippen molar-refractivity contribution in [2.75, 3.05) is 0 Å². The monoisotopic (exact) mass is 347 g/mol. The lowest BCUT2D eigenvalue weighted by molar-refractivity contribution is 0.558. The Morgan fingerprint density at radius 2 is 2.00 bits per heavy atom. The highest BCUT2D eigenvalue weighted by molar-refractivity contribution is 7.13. The third kappa shape index (κ3) is 3.83. The van der Waals surface area contributed by atoms with E-state index in [1.807, 2.05) is 11.4 Å². The van der Waals surface area contributed by atoms with Crippen LogP contribution in [0, 0.1) is 5.82 Å². The van der Waals surface area contributed by atoms with E-state index in [0.29, 0.717) is 17.1 Å². The van der Waals surface area contributed by atoms with Crippen LogP contribution in [0.15, 0.2) is 35.0 Å². The number of hydrogen-bond donors (Lipinski definition) is 1. The summed E-state index contributed by atoms with van der Waals surface area (Å²) in [5.74, 6) is -0.233. The molecular weight excluding hydrogens is 329 g/mol. The van der Waals surface area contributed by atoms with Gasteiger partial charge in [0, 0.05) is 28.9 Å². The molecule has 6 heteroatoms. The molecule has 2 aromatic heterocycles. The Bertz CT molecular complexity index is 782. The SMILES string of the molecule is CCc1nc(CNC(C)c2csc(-c3ccccc3F)n2)cs1. The van der Waals surface area contributed by atoms with E-state index >= 15 is 0 Å². The lowest BCUT2D eigenvalue weighted by atomic mass is 10.2. The highest BCUT2D eigenvalue weighted by atomic mass is 32.1. The molecule has 3 nitrogen and oxygen atoms in total. The summed E-state index contributed by atoms with van der Waals surface area (Å²) < 4.78 is 13.8. The summed E-state index contributed by atoms with van der Waals surface area (Å²) in [6.45, 7) is 4.88. The van der Waals surface area contributed by atoms with Crippen molar-refractivity contribution in [1.82, 2.24) is 15.3 Å². The number of benzene rings is 1. The molecule has 0 saturated carbocycles. The fourth-order valence-corrected chi connectivity index (χ4v) is 3.88. The first-order valence-electron chi connectivity index (χ1n) is 7.54. The molecule has 0 spiro atoms. The topological polar surface area (TPSA) is 37.8 Å². The Kier molecular flexibility index (Phi) is 5.15. The maximum atomic E-state index is 13.8. The van der Waals surface area contributed by atoms with Gasteiger partial charge in [0.15, 0.2) is 0 Å². The molecule has 1 N–H and O–H groups in total. The first kappa shape index (κ1) is 16.2. The molecule has 1 aromatic carbocycles. The number of nitrogens with one attached hydrogen (secondary N) is 1. The van der Waals surface area contributed by atoms with E-state index in [4.69, 9.17) is 0 Å². The molecule has 0 aliphatic heterocycles.